The first-order chi connectivity index (χ1) is 9.78. The molecule has 1 unspecified atom stereocenters. The van der Waals surface area contributed by atoms with Crippen LogP contribution < -0.4 is 0 Å². The van der Waals surface area contributed by atoms with Crippen LogP contribution in [-0.4, -0.2) is 72.5 Å². The third kappa shape index (κ3) is 3.19. The highest BCUT2D eigenvalue weighted by molar-refractivity contribution is 4.93. The van der Waals surface area contributed by atoms with Crippen molar-refractivity contribution in [1.82, 2.24) is 9.80 Å². The van der Waals surface area contributed by atoms with Gasteiger partial charge in [0.05, 0.1) is 12.7 Å². The van der Waals surface area contributed by atoms with Crippen LogP contribution in [0.3, 0.4) is 0 Å². The third-order valence-corrected chi connectivity index (χ3v) is 5.57. The Hall–Kier alpha value is -0.160. The Morgan fingerprint density at radius 1 is 1.05 bits per heavy atom. The van der Waals surface area contributed by atoms with Gasteiger partial charge in [-0.2, -0.15) is 0 Å². The van der Waals surface area contributed by atoms with Crippen molar-refractivity contribution < 1.29 is 9.84 Å². The molecule has 3 heterocycles. The van der Waals surface area contributed by atoms with Gasteiger partial charge in [-0.05, 0) is 45.1 Å². The lowest BCUT2D eigenvalue weighted by Crippen LogP contribution is -2.48. The van der Waals surface area contributed by atoms with Gasteiger partial charge in [0.2, 0.25) is 0 Å². The second kappa shape index (κ2) is 6.73. The summed E-state index contributed by atoms with van der Waals surface area (Å²) >= 11 is 0. The van der Waals surface area contributed by atoms with E-state index in [0.29, 0.717) is 6.04 Å². The molecule has 0 aliphatic carbocycles. The summed E-state index contributed by atoms with van der Waals surface area (Å²) in [4.78, 5) is 5.04. The van der Waals surface area contributed by atoms with Gasteiger partial charge in [-0.15, -0.1) is 0 Å². The summed E-state index contributed by atoms with van der Waals surface area (Å²) in [5.41, 5.74) is 0. The molecule has 4 heteroatoms. The molecule has 4 nitrogen and oxygen atoms in total. The minimum absolute atomic E-state index is 0.200. The van der Waals surface area contributed by atoms with Crippen molar-refractivity contribution in [3.05, 3.63) is 0 Å². The van der Waals surface area contributed by atoms with Crippen LogP contribution >= 0.6 is 0 Å². The molecule has 3 aliphatic rings. The summed E-state index contributed by atoms with van der Waals surface area (Å²) in [6.45, 7) is 3.63. The van der Waals surface area contributed by atoms with Crippen molar-refractivity contribution in [1.29, 1.82) is 0 Å². The molecule has 0 aromatic rings. The lowest BCUT2D eigenvalue weighted by molar-refractivity contribution is 0.0279. The zero-order valence-electron chi connectivity index (χ0n) is 12.8. The Balaban J connectivity index is 1.48. The number of hydrogen-bond acceptors (Lipinski definition) is 4. The number of ether oxygens (including phenoxy) is 1. The minimum atomic E-state index is -0.200. The molecule has 3 rings (SSSR count). The van der Waals surface area contributed by atoms with Crippen molar-refractivity contribution in [2.75, 3.05) is 33.4 Å². The van der Waals surface area contributed by atoms with Crippen LogP contribution in [0.1, 0.15) is 44.9 Å². The van der Waals surface area contributed by atoms with Gasteiger partial charge in [0.25, 0.3) is 0 Å². The number of aliphatic hydroxyl groups excluding tert-OH is 1. The Labute approximate surface area is 123 Å². The van der Waals surface area contributed by atoms with Gasteiger partial charge in [-0.25, -0.2) is 0 Å². The molecule has 0 amide bonds. The highest BCUT2D eigenvalue weighted by Gasteiger charge is 2.37. The summed E-state index contributed by atoms with van der Waals surface area (Å²) in [7, 11) is 1.78. The SMILES string of the molecule is COC[C@@H]1CCCN1CC(O)CN1[C@@H]2CCC[C@H]1CC2. The molecular formula is C16H30N2O2. The van der Waals surface area contributed by atoms with E-state index < -0.39 is 0 Å². The van der Waals surface area contributed by atoms with E-state index in [2.05, 4.69) is 9.80 Å². The van der Waals surface area contributed by atoms with Crippen LogP contribution in [0.15, 0.2) is 0 Å². The normalized spacial score (nSPS) is 36.6. The number of fused-ring (bicyclic) bond motifs is 2. The molecular weight excluding hydrogens is 252 g/mol. The van der Waals surface area contributed by atoms with Crippen molar-refractivity contribution in [3.63, 3.8) is 0 Å². The molecule has 20 heavy (non-hydrogen) atoms. The lowest BCUT2D eigenvalue weighted by atomic mass is 10.0. The second-order valence-electron chi connectivity index (χ2n) is 6.91. The Bertz CT molecular complexity index is 297. The fraction of sp³-hybridized carbons (Fsp3) is 1.00. The number of aliphatic hydroxyl groups is 1. The Morgan fingerprint density at radius 3 is 2.50 bits per heavy atom. The van der Waals surface area contributed by atoms with E-state index in [4.69, 9.17) is 4.74 Å². The second-order valence-corrected chi connectivity index (χ2v) is 6.91. The predicted octanol–water partition coefficient (Wildman–Crippen LogP) is 1.47. The maximum Gasteiger partial charge on any atom is 0.0794 e. The van der Waals surface area contributed by atoms with E-state index in [1.807, 2.05) is 0 Å². The molecule has 0 aromatic carbocycles. The van der Waals surface area contributed by atoms with Crippen molar-refractivity contribution in [2.45, 2.75) is 69.2 Å². The van der Waals surface area contributed by atoms with E-state index in [1.165, 1.54) is 44.9 Å². The Morgan fingerprint density at radius 2 is 1.80 bits per heavy atom. The van der Waals surface area contributed by atoms with E-state index in [-0.39, 0.29) is 6.10 Å². The Kier molecular flexibility index (Phi) is 4.97. The average Bonchev–Trinajstić information content (AvgIpc) is 2.92. The van der Waals surface area contributed by atoms with Gasteiger partial charge in [-0.3, -0.25) is 9.80 Å². The van der Waals surface area contributed by atoms with Crippen LogP contribution in [0.5, 0.6) is 0 Å². The number of rotatable bonds is 6. The molecule has 3 saturated heterocycles. The topological polar surface area (TPSA) is 35.9 Å². The van der Waals surface area contributed by atoms with E-state index in [9.17, 15) is 5.11 Å². The first kappa shape index (κ1) is 14.8. The van der Waals surface area contributed by atoms with Crippen molar-refractivity contribution in [3.8, 4) is 0 Å². The number of β-amino-alcohol motifs (C(OH)–C–C–N with tert-alkyl or cyclic N) is 1. The van der Waals surface area contributed by atoms with Gasteiger partial charge in [-0.1, -0.05) is 6.42 Å². The highest BCUT2D eigenvalue weighted by atomic mass is 16.5. The fourth-order valence-electron chi connectivity index (χ4n) is 4.61. The van der Waals surface area contributed by atoms with Crippen LogP contribution in [0, 0.1) is 0 Å². The van der Waals surface area contributed by atoms with Crippen molar-refractivity contribution in [2.24, 2.45) is 0 Å². The smallest absolute Gasteiger partial charge is 0.0794 e. The first-order valence-corrected chi connectivity index (χ1v) is 8.44. The molecule has 0 spiro atoms. The molecule has 0 radical (unpaired) electrons. The molecule has 2 bridgehead atoms. The summed E-state index contributed by atoms with van der Waals surface area (Å²) < 4.78 is 5.30. The summed E-state index contributed by atoms with van der Waals surface area (Å²) in [6, 6.07) is 2.04. The van der Waals surface area contributed by atoms with E-state index in [0.717, 1.165) is 38.3 Å². The van der Waals surface area contributed by atoms with Crippen LogP contribution in [-0.2, 0) is 4.74 Å². The molecule has 4 atom stereocenters. The predicted molar refractivity (Wildman–Crippen MR) is 79.8 cm³/mol. The summed E-state index contributed by atoms with van der Waals surface area (Å²) in [5.74, 6) is 0. The van der Waals surface area contributed by atoms with Gasteiger partial charge >= 0.3 is 0 Å². The van der Waals surface area contributed by atoms with Gasteiger partial charge in [0, 0.05) is 38.3 Å². The van der Waals surface area contributed by atoms with Crippen LogP contribution in [0.4, 0.5) is 0 Å². The molecule has 1 N–H and O–H groups in total. The number of piperidine rings is 1. The average molecular weight is 282 g/mol. The van der Waals surface area contributed by atoms with Crippen molar-refractivity contribution >= 4 is 0 Å². The summed E-state index contributed by atoms with van der Waals surface area (Å²) in [5, 5.41) is 10.5. The van der Waals surface area contributed by atoms with E-state index >= 15 is 0 Å². The fourth-order valence-corrected chi connectivity index (χ4v) is 4.61. The molecule has 3 aliphatic heterocycles. The first-order valence-electron chi connectivity index (χ1n) is 8.44. The minimum Gasteiger partial charge on any atom is -0.390 e. The van der Waals surface area contributed by atoms with Crippen LogP contribution in [0.2, 0.25) is 0 Å². The highest BCUT2D eigenvalue weighted by Crippen LogP contribution is 2.35. The molecule has 3 fully saturated rings. The van der Waals surface area contributed by atoms with Gasteiger partial charge in [0.15, 0.2) is 0 Å². The molecule has 0 aromatic heterocycles. The monoisotopic (exact) mass is 282 g/mol. The van der Waals surface area contributed by atoms with Crippen LogP contribution in [0.25, 0.3) is 0 Å². The summed E-state index contributed by atoms with van der Waals surface area (Å²) in [6.07, 6.45) is 9.06. The number of methoxy groups -OCH3 is 1. The van der Waals surface area contributed by atoms with Gasteiger partial charge in [0.1, 0.15) is 0 Å². The number of hydrogen-bond donors (Lipinski definition) is 1. The third-order valence-electron chi connectivity index (χ3n) is 5.57. The zero-order chi connectivity index (χ0) is 13.9. The quantitative estimate of drug-likeness (QED) is 0.800. The lowest BCUT2D eigenvalue weighted by Gasteiger charge is -2.37. The number of likely N-dealkylation sites (tertiary alicyclic amines) is 1. The largest absolute Gasteiger partial charge is 0.390 e. The molecule has 0 saturated carbocycles. The molecule has 116 valence electrons. The van der Waals surface area contributed by atoms with Gasteiger partial charge < -0.3 is 9.84 Å². The maximum atomic E-state index is 10.5. The number of nitrogens with zero attached hydrogens (tertiary/aromatic N) is 2. The van der Waals surface area contributed by atoms with E-state index in [1.54, 1.807) is 7.11 Å². The zero-order valence-corrected chi connectivity index (χ0v) is 12.8. The maximum absolute atomic E-state index is 10.5. The standard InChI is InChI=1S/C16H30N2O2/c1-20-12-15-6-3-9-17(15)10-16(19)11-18-13-4-2-5-14(18)8-7-13/h13-16,19H,2-12H2,1H3/t13-,14+,15-,16?/m0/s1.